The lowest BCUT2D eigenvalue weighted by Crippen LogP contribution is -2.31. The van der Waals surface area contributed by atoms with Crippen LogP contribution >= 0.6 is 11.3 Å². The van der Waals surface area contributed by atoms with Crippen molar-refractivity contribution in [1.29, 1.82) is 0 Å². The van der Waals surface area contributed by atoms with Crippen molar-refractivity contribution in [3.63, 3.8) is 0 Å². The Hall–Kier alpha value is -2.01. The second kappa shape index (κ2) is 5.77. The minimum Gasteiger partial charge on any atom is -0.497 e. The molecule has 1 amide bonds. The van der Waals surface area contributed by atoms with E-state index < -0.39 is 0 Å². The molecule has 2 heterocycles. The van der Waals surface area contributed by atoms with E-state index >= 15 is 0 Å². The molecule has 1 atom stereocenters. The van der Waals surface area contributed by atoms with E-state index in [2.05, 4.69) is 16.8 Å². The number of nitrogen functional groups attached to an aromatic ring is 1. The van der Waals surface area contributed by atoms with Gasteiger partial charge in [0.25, 0.3) is 5.91 Å². The zero-order chi connectivity index (χ0) is 14.8. The van der Waals surface area contributed by atoms with Gasteiger partial charge in [0, 0.05) is 12.2 Å². The largest absolute Gasteiger partial charge is 0.497 e. The smallest absolute Gasteiger partial charge is 0.256 e. The Labute approximate surface area is 128 Å². The van der Waals surface area contributed by atoms with Gasteiger partial charge in [-0.05, 0) is 53.4 Å². The normalized spacial score (nSPS) is 18.0. The Bertz CT molecular complexity index is 640. The van der Waals surface area contributed by atoms with Crippen LogP contribution in [0.25, 0.3) is 0 Å². The molecule has 0 radical (unpaired) electrons. The zero-order valence-electron chi connectivity index (χ0n) is 11.9. The molecule has 0 aliphatic carbocycles. The lowest BCUT2D eigenvalue weighted by molar-refractivity contribution is 0.0736. The summed E-state index contributed by atoms with van der Waals surface area (Å²) in [4.78, 5) is 14.8. The molecule has 0 bridgehead atoms. The van der Waals surface area contributed by atoms with Crippen LogP contribution in [0.4, 0.5) is 5.69 Å². The maximum Gasteiger partial charge on any atom is 0.256 e. The molecule has 4 nitrogen and oxygen atoms in total. The Balaban J connectivity index is 1.91. The van der Waals surface area contributed by atoms with E-state index in [4.69, 9.17) is 10.5 Å². The Morgan fingerprint density at radius 1 is 1.43 bits per heavy atom. The summed E-state index contributed by atoms with van der Waals surface area (Å²) in [6, 6.07) is 7.47. The number of benzene rings is 1. The van der Waals surface area contributed by atoms with Crippen LogP contribution in [0.15, 0.2) is 35.0 Å². The molecule has 5 heteroatoms. The number of carbonyl (C=O) groups is 1. The van der Waals surface area contributed by atoms with Crippen LogP contribution in [0.5, 0.6) is 5.75 Å². The molecule has 1 aliphatic heterocycles. The fourth-order valence-electron chi connectivity index (χ4n) is 2.82. The fraction of sp³-hybridized carbons (Fsp3) is 0.312. The molecule has 21 heavy (non-hydrogen) atoms. The van der Waals surface area contributed by atoms with Crippen LogP contribution in [0, 0.1) is 0 Å². The lowest BCUT2D eigenvalue weighted by Gasteiger charge is -2.25. The topological polar surface area (TPSA) is 55.6 Å². The van der Waals surface area contributed by atoms with Crippen molar-refractivity contribution in [2.24, 2.45) is 0 Å². The second-order valence-corrected chi connectivity index (χ2v) is 5.95. The molecule has 110 valence electrons. The molecule has 1 aromatic heterocycles. The number of thiophene rings is 1. The Morgan fingerprint density at radius 3 is 3.00 bits per heavy atom. The third-order valence-corrected chi connectivity index (χ3v) is 4.63. The van der Waals surface area contributed by atoms with Gasteiger partial charge in [0.2, 0.25) is 0 Å². The van der Waals surface area contributed by atoms with Gasteiger partial charge in [0.05, 0.1) is 18.7 Å². The van der Waals surface area contributed by atoms with Gasteiger partial charge in [0.1, 0.15) is 5.75 Å². The number of amides is 1. The summed E-state index contributed by atoms with van der Waals surface area (Å²) >= 11 is 1.66. The number of ether oxygens (including phenoxy) is 1. The van der Waals surface area contributed by atoms with Crippen molar-refractivity contribution in [3.8, 4) is 5.75 Å². The predicted octanol–water partition coefficient (Wildman–Crippen LogP) is 3.32. The minimum absolute atomic E-state index is 0.0138. The molecule has 2 N–H and O–H groups in total. The van der Waals surface area contributed by atoms with Crippen molar-refractivity contribution in [1.82, 2.24) is 4.90 Å². The highest BCUT2D eigenvalue weighted by Gasteiger charge is 2.31. The molecule has 0 spiro atoms. The van der Waals surface area contributed by atoms with E-state index in [1.807, 2.05) is 4.90 Å². The SMILES string of the molecule is COc1ccc(N)c(C(=O)N2CCCC2c2ccsc2)c1. The third-order valence-electron chi connectivity index (χ3n) is 3.93. The Kier molecular flexibility index (Phi) is 3.84. The van der Waals surface area contributed by atoms with E-state index in [1.165, 1.54) is 5.56 Å². The summed E-state index contributed by atoms with van der Waals surface area (Å²) in [5.74, 6) is 0.638. The van der Waals surface area contributed by atoms with Crippen molar-refractivity contribution >= 4 is 22.9 Å². The number of carbonyl (C=O) groups excluding carboxylic acids is 1. The standard InChI is InChI=1S/C16H18N2O2S/c1-20-12-4-5-14(17)13(9-12)16(19)18-7-2-3-15(18)11-6-8-21-10-11/h4-6,8-10,15H,2-3,7,17H2,1H3. The highest BCUT2D eigenvalue weighted by molar-refractivity contribution is 7.08. The van der Waals surface area contributed by atoms with E-state index in [0.717, 1.165) is 19.4 Å². The van der Waals surface area contributed by atoms with Crippen LogP contribution in [0.2, 0.25) is 0 Å². The first-order valence-corrected chi connectivity index (χ1v) is 7.91. The van der Waals surface area contributed by atoms with Crippen molar-refractivity contribution in [2.75, 3.05) is 19.4 Å². The Morgan fingerprint density at radius 2 is 2.29 bits per heavy atom. The highest BCUT2D eigenvalue weighted by atomic mass is 32.1. The number of nitrogens with two attached hydrogens (primary N) is 1. The van der Waals surface area contributed by atoms with E-state index in [9.17, 15) is 4.79 Å². The minimum atomic E-state index is -0.0138. The van der Waals surface area contributed by atoms with Crippen LogP contribution in [0.3, 0.4) is 0 Å². The van der Waals surface area contributed by atoms with Crippen LogP contribution in [0.1, 0.15) is 34.8 Å². The number of rotatable bonds is 3. The third kappa shape index (κ3) is 2.61. The summed E-state index contributed by atoms with van der Waals surface area (Å²) < 4.78 is 5.20. The second-order valence-electron chi connectivity index (χ2n) is 5.17. The predicted molar refractivity (Wildman–Crippen MR) is 84.7 cm³/mol. The fourth-order valence-corrected chi connectivity index (χ4v) is 3.53. The van der Waals surface area contributed by atoms with Gasteiger partial charge in [-0.1, -0.05) is 0 Å². The average molecular weight is 302 g/mol. The van der Waals surface area contributed by atoms with E-state index in [1.54, 1.807) is 36.6 Å². The maximum atomic E-state index is 12.8. The first-order chi connectivity index (χ1) is 10.2. The molecule has 1 fully saturated rings. The van der Waals surface area contributed by atoms with E-state index in [0.29, 0.717) is 17.0 Å². The molecule has 0 saturated carbocycles. The molecular formula is C16H18N2O2S. The summed E-state index contributed by atoms with van der Waals surface area (Å²) in [5, 5.41) is 4.17. The van der Waals surface area contributed by atoms with Gasteiger partial charge in [0.15, 0.2) is 0 Å². The number of anilines is 1. The van der Waals surface area contributed by atoms with Crippen LogP contribution in [-0.2, 0) is 0 Å². The number of nitrogens with zero attached hydrogens (tertiary/aromatic N) is 1. The molecule has 1 unspecified atom stereocenters. The summed E-state index contributed by atoms with van der Waals surface area (Å²) in [5.41, 5.74) is 8.21. The molecule has 3 rings (SSSR count). The van der Waals surface area contributed by atoms with Crippen molar-refractivity contribution < 1.29 is 9.53 Å². The highest BCUT2D eigenvalue weighted by Crippen LogP contribution is 2.35. The average Bonchev–Trinajstić information content (AvgIpc) is 3.17. The van der Waals surface area contributed by atoms with Gasteiger partial charge >= 0.3 is 0 Å². The summed E-state index contributed by atoms with van der Waals surface area (Å²) in [6.07, 6.45) is 2.03. The van der Waals surface area contributed by atoms with Gasteiger partial charge < -0.3 is 15.4 Å². The first kappa shape index (κ1) is 13.9. The number of likely N-dealkylation sites (tertiary alicyclic amines) is 1. The molecular weight excluding hydrogens is 284 g/mol. The van der Waals surface area contributed by atoms with Crippen molar-refractivity contribution in [3.05, 3.63) is 46.2 Å². The van der Waals surface area contributed by atoms with Gasteiger partial charge in [-0.15, -0.1) is 0 Å². The van der Waals surface area contributed by atoms with Crippen LogP contribution in [-0.4, -0.2) is 24.5 Å². The van der Waals surface area contributed by atoms with Gasteiger partial charge in [-0.25, -0.2) is 0 Å². The van der Waals surface area contributed by atoms with Crippen LogP contribution < -0.4 is 10.5 Å². The summed E-state index contributed by atoms with van der Waals surface area (Å²) in [6.45, 7) is 0.774. The van der Waals surface area contributed by atoms with Crippen molar-refractivity contribution in [2.45, 2.75) is 18.9 Å². The van der Waals surface area contributed by atoms with Gasteiger partial charge in [-0.3, -0.25) is 4.79 Å². The molecule has 1 saturated heterocycles. The van der Waals surface area contributed by atoms with E-state index in [-0.39, 0.29) is 11.9 Å². The zero-order valence-corrected chi connectivity index (χ0v) is 12.7. The molecule has 2 aromatic rings. The molecule has 1 aliphatic rings. The number of hydrogen-bond acceptors (Lipinski definition) is 4. The monoisotopic (exact) mass is 302 g/mol. The number of hydrogen-bond donors (Lipinski definition) is 1. The maximum absolute atomic E-state index is 12.8. The summed E-state index contributed by atoms with van der Waals surface area (Å²) in [7, 11) is 1.59. The lowest BCUT2D eigenvalue weighted by atomic mass is 10.1. The molecule has 1 aromatic carbocycles. The first-order valence-electron chi connectivity index (χ1n) is 6.97. The number of methoxy groups -OCH3 is 1. The quantitative estimate of drug-likeness (QED) is 0.885. The van der Waals surface area contributed by atoms with Gasteiger partial charge in [-0.2, -0.15) is 11.3 Å².